The molecule has 0 radical (unpaired) electrons. The lowest BCUT2D eigenvalue weighted by Gasteiger charge is -2.16. The molecule has 2 aromatic carbocycles. The number of benzene rings is 2. The molecule has 5 aromatic rings. The van der Waals surface area contributed by atoms with Crippen LogP contribution in [0.3, 0.4) is 0 Å². The largest absolute Gasteiger partial charge is 0.364 e. The van der Waals surface area contributed by atoms with Gasteiger partial charge in [-0.1, -0.05) is 16.8 Å². The minimum Gasteiger partial charge on any atom is -0.364 e. The van der Waals surface area contributed by atoms with Gasteiger partial charge in [-0.05, 0) is 18.2 Å². The molecule has 3 heterocycles. The zero-order chi connectivity index (χ0) is 27.3. The second-order valence-corrected chi connectivity index (χ2v) is 8.11. The van der Waals surface area contributed by atoms with Crippen molar-refractivity contribution in [1.29, 1.82) is 0 Å². The Balaban J connectivity index is 1.65. The molecule has 0 bridgehead atoms. The SMILES string of the molecule is [2H]c1onc(Cn2c(=O)nc(Nc3cc4cn(C)nc4cc3Cl)n(Cc3cc(F)c(F)cc3F)c2=O)c1[2H]. The summed E-state index contributed by atoms with van der Waals surface area (Å²) in [4.78, 5) is 30.2. The van der Waals surface area contributed by atoms with Gasteiger partial charge in [-0.3, -0.25) is 9.25 Å². The molecule has 0 aliphatic heterocycles. The molecule has 0 saturated heterocycles. The summed E-state index contributed by atoms with van der Waals surface area (Å²) in [5.74, 6) is -4.28. The van der Waals surface area contributed by atoms with Gasteiger partial charge in [0.05, 0.1) is 30.7 Å². The van der Waals surface area contributed by atoms with Crippen molar-refractivity contribution in [2.75, 3.05) is 5.32 Å². The molecule has 36 heavy (non-hydrogen) atoms. The van der Waals surface area contributed by atoms with Crippen molar-refractivity contribution in [2.45, 2.75) is 13.1 Å². The van der Waals surface area contributed by atoms with Gasteiger partial charge in [0, 0.05) is 36.3 Å². The van der Waals surface area contributed by atoms with Crippen molar-refractivity contribution in [1.82, 2.24) is 29.1 Å². The molecule has 0 aliphatic rings. The molecule has 1 N–H and O–H groups in total. The average molecular weight is 520 g/mol. The number of hydrogen-bond acceptors (Lipinski definition) is 7. The number of aryl methyl sites for hydroxylation is 1. The normalized spacial score (nSPS) is 12.1. The van der Waals surface area contributed by atoms with E-state index >= 15 is 0 Å². The standard InChI is InChI=1S/C22H15ClF3N7O3/c1-31-8-12-5-19(14(23)6-18(12)29-31)27-20-28-21(34)33(10-13-2-3-36-30-13)22(35)32(20)9-11-4-16(25)17(26)7-15(11)24/h2-8H,9-10H2,1H3,(H,27,28,34)/i2D,3D. The van der Waals surface area contributed by atoms with Crippen LogP contribution in [0.15, 0.2) is 56.9 Å². The summed E-state index contributed by atoms with van der Waals surface area (Å²) in [5, 5.41) is 11.3. The maximum absolute atomic E-state index is 14.5. The van der Waals surface area contributed by atoms with Crippen molar-refractivity contribution in [2.24, 2.45) is 7.05 Å². The second kappa shape index (κ2) is 9.00. The fourth-order valence-electron chi connectivity index (χ4n) is 3.54. The van der Waals surface area contributed by atoms with Crippen LogP contribution in [0.5, 0.6) is 0 Å². The molecular weight excluding hydrogens is 503 g/mol. The Morgan fingerprint density at radius 2 is 1.86 bits per heavy atom. The Kier molecular flexibility index (Phi) is 5.23. The lowest BCUT2D eigenvalue weighted by atomic mass is 10.2. The van der Waals surface area contributed by atoms with E-state index < -0.39 is 59.8 Å². The van der Waals surface area contributed by atoms with E-state index in [9.17, 15) is 22.8 Å². The third-order valence-electron chi connectivity index (χ3n) is 5.23. The van der Waals surface area contributed by atoms with Crippen LogP contribution in [-0.2, 0) is 20.1 Å². The molecule has 3 aromatic heterocycles. The van der Waals surface area contributed by atoms with E-state index in [2.05, 4.69) is 25.1 Å². The molecule has 0 spiro atoms. The van der Waals surface area contributed by atoms with E-state index in [4.69, 9.17) is 14.3 Å². The highest BCUT2D eigenvalue weighted by atomic mass is 35.5. The van der Waals surface area contributed by atoms with Crippen molar-refractivity contribution in [3.05, 3.63) is 97.4 Å². The van der Waals surface area contributed by atoms with Crippen molar-refractivity contribution in [3.8, 4) is 0 Å². The first-order valence-corrected chi connectivity index (χ1v) is 10.6. The van der Waals surface area contributed by atoms with Crippen LogP contribution in [0.4, 0.5) is 24.8 Å². The second-order valence-electron chi connectivity index (χ2n) is 7.71. The Hall–Kier alpha value is -4.39. The van der Waals surface area contributed by atoms with Gasteiger partial charge in [0.1, 0.15) is 19.1 Å². The molecule has 0 aliphatic carbocycles. The highest BCUT2D eigenvalue weighted by Gasteiger charge is 2.19. The summed E-state index contributed by atoms with van der Waals surface area (Å²) >= 11 is 6.36. The quantitative estimate of drug-likeness (QED) is 0.343. The van der Waals surface area contributed by atoms with Crippen LogP contribution in [0.1, 0.15) is 14.0 Å². The summed E-state index contributed by atoms with van der Waals surface area (Å²) in [6.07, 6.45) is 1.12. The third-order valence-corrected chi connectivity index (χ3v) is 5.54. The van der Waals surface area contributed by atoms with Crippen LogP contribution < -0.4 is 16.7 Å². The number of nitrogens with zero attached hydrogens (tertiary/aromatic N) is 6. The van der Waals surface area contributed by atoms with Gasteiger partial charge in [0.2, 0.25) is 5.95 Å². The van der Waals surface area contributed by atoms with Gasteiger partial charge in [0.25, 0.3) is 0 Å². The monoisotopic (exact) mass is 519 g/mol. The molecule has 0 fully saturated rings. The van der Waals surface area contributed by atoms with Crippen LogP contribution in [-0.4, -0.2) is 29.1 Å². The van der Waals surface area contributed by atoms with Gasteiger partial charge in [-0.2, -0.15) is 10.1 Å². The fourth-order valence-corrected chi connectivity index (χ4v) is 3.75. The van der Waals surface area contributed by atoms with Crippen LogP contribution in [0.2, 0.25) is 5.02 Å². The fraction of sp³-hybridized carbons (Fsp3) is 0.136. The molecule has 0 atom stereocenters. The van der Waals surface area contributed by atoms with Crippen LogP contribution in [0, 0.1) is 17.5 Å². The number of halogens is 4. The number of anilines is 2. The van der Waals surface area contributed by atoms with Gasteiger partial charge in [-0.25, -0.2) is 27.3 Å². The molecule has 0 unspecified atom stereocenters. The van der Waals surface area contributed by atoms with Gasteiger partial charge in [-0.15, -0.1) is 0 Å². The summed E-state index contributed by atoms with van der Waals surface area (Å²) < 4.78 is 64.7. The molecular formula is C22H15ClF3N7O3. The van der Waals surface area contributed by atoms with Crippen molar-refractivity contribution >= 4 is 34.1 Å². The third kappa shape index (κ3) is 4.35. The maximum atomic E-state index is 14.5. The first-order chi connectivity index (χ1) is 18.0. The number of hydrogen-bond donors (Lipinski definition) is 1. The highest BCUT2D eigenvalue weighted by Crippen LogP contribution is 2.29. The molecule has 184 valence electrons. The number of rotatable bonds is 6. The van der Waals surface area contributed by atoms with E-state index in [1.807, 2.05) is 0 Å². The Bertz CT molecular complexity index is 1850. The average Bonchev–Trinajstić information content (AvgIpc) is 3.37. The van der Waals surface area contributed by atoms with E-state index in [0.29, 0.717) is 27.6 Å². The van der Waals surface area contributed by atoms with Crippen molar-refractivity contribution < 1.29 is 20.4 Å². The van der Waals surface area contributed by atoms with Gasteiger partial charge >= 0.3 is 11.4 Å². The summed E-state index contributed by atoms with van der Waals surface area (Å²) in [6, 6.07) is 3.58. The first-order valence-electron chi connectivity index (χ1n) is 11.2. The predicted molar refractivity (Wildman–Crippen MR) is 123 cm³/mol. The van der Waals surface area contributed by atoms with E-state index in [-0.39, 0.29) is 22.4 Å². The van der Waals surface area contributed by atoms with E-state index in [1.54, 1.807) is 24.0 Å². The molecule has 0 amide bonds. The number of aromatic nitrogens is 6. The predicted octanol–water partition coefficient (Wildman–Crippen LogP) is 3.19. The first kappa shape index (κ1) is 20.9. The zero-order valence-corrected chi connectivity index (χ0v) is 19.0. The van der Waals surface area contributed by atoms with Gasteiger partial charge in [0.15, 0.2) is 11.6 Å². The summed E-state index contributed by atoms with van der Waals surface area (Å²) in [6.45, 7) is -1.25. The Labute approximate surface area is 207 Å². The lowest BCUT2D eigenvalue weighted by molar-refractivity contribution is 0.407. The lowest BCUT2D eigenvalue weighted by Crippen LogP contribution is -2.43. The summed E-state index contributed by atoms with van der Waals surface area (Å²) in [5.41, 5.74) is -1.95. The number of nitrogens with one attached hydrogen (secondary N) is 1. The zero-order valence-electron chi connectivity index (χ0n) is 20.2. The smallest absolute Gasteiger partial charge is 0.355 e. The Morgan fingerprint density at radius 1 is 1.08 bits per heavy atom. The number of fused-ring (bicyclic) bond motifs is 1. The van der Waals surface area contributed by atoms with E-state index in [1.165, 1.54) is 6.07 Å². The Morgan fingerprint density at radius 3 is 2.61 bits per heavy atom. The minimum atomic E-state index is -1.42. The maximum Gasteiger partial charge on any atom is 0.355 e. The molecule has 0 saturated carbocycles. The van der Waals surface area contributed by atoms with Crippen LogP contribution in [0.25, 0.3) is 10.9 Å². The van der Waals surface area contributed by atoms with E-state index in [0.717, 1.165) is 4.57 Å². The minimum absolute atomic E-state index is 0.157. The van der Waals surface area contributed by atoms with Crippen LogP contribution >= 0.6 is 11.6 Å². The van der Waals surface area contributed by atoms with Crippen molar-refractivity contribution in [3.63, 3.8) is 0 Å². The molecule has 10 nitrogen and oxygen atoms in total. The topological polar surface area (TPSA) is 113 Å². The molecule has 14 heteroatoms. The molecule has 5 rings (SSSR count). The van der Waals surface area contributed by atoms with Gasteiger partial charge < -0.3 is 9.84 Å². The highest BCUT2D eigenvalue weighted by molar-refractivity contribution is 6.34. The summed E-state index contributed by atoms with van der Waals surface area (Å²) in [7, 11) is 1.71.